The molecular formula is C29H20BrF3N4O6S. The Morgan fingerprint density at radius 1 is 1.00 bits per heavy atom. The highest BCUT2D eigenvalue weighted by molar-refractivity contribution is 9.10. The van der Waals surface area contributed by atoms with E-state index in [-0.39, 0.29) is 11.3 Å². The average molecular weight is 689 g/mol. The van der Waals surface area contributed by atoms with Gasteiger partial charge in [-0.25, -0.2) is 32.0 Å². The molecule has 226 valence electrons. The number of halogens is 4. The smallest absolute Gasteiger partial charge is 0.326 e. The molecule has 0 radical (unpaired) electrons. The Morgan fingerprint density at radius 3 is 2.32 bits per heavy atom. The second-order valence-electron chi connectivity index (χ2n) is 9.50. The standard InChI is InChI=1S/C29H20BrF3N4O6S/c1-14-35-26-17(4-7-20(30)27(26)43-14)10-23(29(39)40)36-28(38)25-21(31)12-18(13-22(25)32)37-44(41,42)19-5-2-15(3-6-19)16-8-9-34-24(33)11-16/h2-9,11-13,23,37H,10H2,1H3,(H,36,38)(H,39,40)/t23-/m0/s1. The molecule has 15 heteroatoms. The van der Waals surface area contributed by atoms with E-state index >= 15 is 0 Å². The maximum atomic E-state index is 15.0. The first-order valence-electron chi connectivity index (χ1n) is 12.6. The Hall–Kier alpha value is -4.76. The fourth-order valence-corrected chi connectivity index (χ4v) is 5.86. The maximum Gasteiger partial charge on any atom is 0.326 e. The largest absolute Gasteiger partial charge is 0.480 e. The van der Waals surface area contributed by atoms with Crippen molar-refractivity contribution in [2.24, 2.45) is 0 Å². The summed E-state index contributed by atoms with van der Waals surface area (Å²) in [7, 11) is -4.34. The van der Waals surface area contributed by atoms with Crippen molar-refractivity contribution in [2.75, 3.05) is 4.72 Å². The Balaban J connectivity index is 1.33. The molecule has 0 saturated heterocycles. The van der Waals surface area contributed by atoms with Gasteiger partial charge in [-0.2, -0.15) is 4.39 Å². The number of benzene rings is 3. The fraction of sp³-hybridized carbons (Fsp3) is 0.103. The molecule has 5 rings (SSSR count). The van der Waals surface area contributed by atoms with E-state index in [1.54, 1.807) is 19.1 Å². The van der Waals surface area contributed by atoms with E-state index in [4.69, 9.17) is 4.42 Å². The Morgan fingerprint density at radius 2 is 1.68 bits per heavy atom. The highest BCUT2D eigenvalue weighted by atomic mass is 79.9. The molecule has 1 amide bonds. The minimum Gasteiger partial charge on any atom is -0.480 e. The number of fused-ring (bicyclic) bond motifs is 1. The molecule has 0 saturated carbocycles. The zero-order valence-corrected chi connectivity index (χ0v) is 24.8. The Bertz CT molecular complexity index is 2010. The van der Waals surface area contributed by atoms with Gasteiger partial charge in [0.25, 0.3) is 15.9 Å². The van der Waals surface area contributed by atoms with E-state index < -0.39 is 56.8 Å². The van der Waals surface area contributed by atoms with Gasteiger partial charge in [-0.05, 0) is 69.0 Å². The molecule has 0 unspecified atom stereocenters. The van der Waals surface area contributed by atoms with Crippen molar-refractivity contribution >= 4 is 54.6 Å². The highest BCUT2D eigenvalue weighted by Gasteiger charge is 2.27. The predicted molar refractivity (Wildman–Crippen MR) is 156 cm³/mol. The normalized spacial score (nSPS) is 12.2. The predicted octanol–water partition coefficient (Wildman–Crippen LogP) is 5.60. The van der Waals surface area contributed by atoms with Crippen LogP contribution in [0.4, 0.5) is 18.9 Å². The third-order valence-corrected chi connectivity index (χ3v) is 8.48. The number of rotatable bonds is 9. The summed E-state index contributed by atoms with van der Waals surface area (Å²) in [5.74, 6) is -6.10. The molecule has 10 nitrogen and oxygen atoms in total. The number of sulfonamides is 1. The lowest BCUT2D eigenvalue weighted by molar-refractivity contribution is -0.139. The summed E-state index contributed by atoms with van der Waals surface area (Å²) in [4.78, 5) is 32.2. The lowest BCUT2D eigenvalue weighted by Crippen LogP contribution is -2.43. The highest BCUT2D eigenvalue weighted by Crippen LogP contribution is 2.29. The van der Waals surface area contributed by atoms with E-state index in [2.05, 4.69) is 31.2 Å². The van der Waals surface area contributed by atoms with Crippen molar-refractivity contribution in [3.8, 4) is 11.1 Å². The van der Waals surface area contributed by atoms with Crippen LogP contribution >= 0.6 is 15.9 Å². The van der Waals surface area contributed by atoms with Crippen LogP contribution in [0.3, 0.4) is 0 Å². The third-order valence-electron chi connectivity index (χ3n) is 6.46. The molecule has 2 aromatic heterocycles. The molecule has 0 aliphatic heterocycles. The van der Waals surface area contributed by atoms with Crippen molar-refractivity contribution in [1.29, 1.82) is 0 Å². The number of carboxylic acid groups (broad SMARTS) is 1. The van der Waals surface area contributed by atoms with Gasteiger partial charge in [-0.3, -0.25) is 9.52 Å². The van der Waals surface area contributed by atoms with Crippen LogP contribution in [-0.4, -0.2) is 41.4 Å². The summed E-state index contributed by atoms with van der Waals surface area (Å²) >= 11 is 3.32. The number of aromatic nitrogens is 2. The first-order valence-corrected chi connectivity index (χ1v) is 14.9. The van der Waals surface area contributed by atoms with E-state index in [9.17, 15) is 36.3 Å². The number of aliphatic carboxylic acids is 1. The molecule has 5 aromatic rings. The number of amides is 1. The van der Waals surface area contributed by atoms with Crippen LogP contribution in [0.15, 0.2) is 80.6 Å². The summed E-state index contributed by atoms with van der Waals surface area (Å²) in [6.45, 7) is 1.60. The summed E-state index contributed by atoms with van der Waals surface area (Å²) in [6.07, 6.45) is 0.970. The van der Waals surface area contributed by atoms with Gasteiger partial charge in [0.1, 0.15) is 28.8 Å². The summed E-state index contributed by atoms with van der Waals surface area (Å²) in [6, 6.07) is 10.7. The lowest BCUT2D eigenvalue weighted by atomic mass is 10.0. The van der Waals surface area contributed by atoms with Gasteiger partial charge < -0.3 is 14.8 Å². The second kappa shape index (κ2) is 12.1. The van der Waals surface area contributed by atoms with Crippen molar-refractivity contribution in [1.82, 2.24) is 15.3 Å². The van der Waals surface area contributed by atoms with E-state index in [1.807, 2.05) is 4.72 Å². The van der Waals surface area contributed by atoms with Gasteiger partial charge in [0.2, 0.25) is 5.95 Å². The number of carboxylic acids is 1. The molecule has 44 heavy (non-hydrogen) atoms. The maximum absolute atomic E-state index is 15.0. The molecule has 3 aromatic carbocycles. The zero-order chi connectivity index (χ0) is 31.8. The van der Waals surface area contributed by atoms with Gasteiger partial charge in [0, 0.05) is 25.6 Å². The van der Waals surface area contributed by atoms with Gasteiger partial charge >= 0.3 is 5.97 Å². The van der Waals surface area contributed by atoms with Gasteiger partial charge in [-0.15, -0.1) is 0 Å². The van der Waals surface area contributed by atoms with Crippen molar-refractivity contribution in [2.45, 2.75) is 24.3 Å². The van der Waals surface area contributed by atoms with E-state index in [1.165, 1.54) is 42.6 Å². The molecule has 0 aliphatic rings. The summed E-state index contributed by atoms with van der Waals surface area (Å²) in [5.41, 5.74) is 0.447. The molecule has 1 atom stereocenters. The average Bonchev–Trinajstić information content (AvgIpc) is 3.36. The van der Waals surface area contributed by atoms with Crippen LogP contribution in [0.5, 0.6) is 0 Å². The van der Waals surface area contributed by atoms with Crippen LogP contribution < -0.4 is 10.0 Å². The number of nitrogens with one attached hydrogen (secondary N) is 2. The topological polar surface area (TPSA) is 151 Å². The SMILES string of the molecule is Cc1nc2c(C[C@H](NC(=O)c3c(F)cc(NS(=O)(=O)c4ccc(-c5ccnc(F)c5)cc4)cc3F)C(=O)O)ccc(Br)c2o1. The van der Waals surface area contributed by atoms with Crippen molar-refractivity contribution in [3.63, 3.8) is 0 Å². The molecule has 2 heterocycles. The van der Waals surface area contributed by atoms with Crippen LogP contribution in [0, 0.1) is 24.5 Å². The molecule has 0 aliphatic carbocycles. The summed E-state index contributed by atoms with van der Waals surface area (Å²) < 4.78 is 77.3. The number of anilines is 1. The minimum absolute atomic E-state index is 0.257. The van der Waals surface area contributed by atoms with Crippen molar-refractivity contribution in [3.05, 3.63) is 106 Å². The van der Waals surface area contributed by atoms with E-state index in [0.717, 1.165) is 0 Å². The number of hydrogen-bond acceptors (Lipinski definition) is 7. The number of hydrogen-bond donors (Lipinski definition) is 3. The quantitative estimate of drug-likeness (QED) is 0.169. The van der Waals surface area contributed by atoms with Gasteiger partial charge in [-0.1, -0.05) is 18.2 Å². The molecule has 3 N–H and O–H groups in total. The van der Waals surface area contributed by atoms with Gasteiger partial charge in [0.15, 0.2) is 11.5 Å². The number of carbonyl (C=O) groups is 2. The molecule has 0 spiro atoms. The number of carbonyl (C=O) groups excluding carboxylic acids is 1. The number of nitrogens with zero attached hydrogens (tertiary/aromatic N) is 2. The minimum atomic E-state index is -4.34. The van der Waals surface area contributed by atoms with Crippen molar-refractivity contribution < 1.29 is 40.7 Å². The molecule has 0 bridgehead atoms. The zero-order valence-electron chi connectivity index (χ0n) is 22.4. The number of aryl methyl sites for hydroxylation is 1. The van der Waals surface area contributed by atoms with Crippen LogP contribution in [0.2, 0.25) is 0 Å². The number of pyridine rings is 1. The monoisotopic (exact) mass is 688 g/mol. The third kappa shape index (κ3) is 6.43. The Labute approximate surface area is 256 Å². The Kier molecular flexibility index (Phi) is 8.43. The first-order chi connectivity index (χ1) is 20.8. The first kappa shape index (κ1) is 30.7. The van der Waals surface area contributed by atoms with Gasteiger partial charge in [0.05, 0.1) is 15.1 Å². The van der Waals surface area contributed by atoms with Crippen LogP contribution in [0.25, 0.3) is 22.2 Å². The summed E-state index contributed by atoms with van der Waals surface area (Å²) in [5, 5.41) is 11.8. The van der Waals surface area contributed by atoms with Crippen LogP contribution in [-0.2, 0) is 21.2 Å². The van der Waals surface area contributed by atoms with Crippen LogP contribution in [0.1, 0.15) is 21.8 Å². The molecular weight excluding hydrogens is 669 g/mol. The van der Waals surface area contributed by atoms with E-state index in [0.29, 0.717) is 50.3 Å². The second-order valence-corrected chi connectivity index (χ2v) is 12.0. The molecule has 0 fully saturated rings. The lowest BCUT2D eigenvalue weighted by Gasteiger charge is -2.16. The number of oxazole rings is 1. The fourth-order valence-electron chi connectivity index (χ4n) is 4.42.